The first kappa shape index (κ1) is 22.0. The molecule has 0 N–H and O–H groups in total. The first-order valence-corrected chi connectivity index (χ1v) is 9.90. The summed E-state index contributed by atoms with van der Waals surface area (Å²) >= 11 is 0. The molecule has 0 radical (unpaired) electrons. The van der Waals surface area contributed by atoms with Gasteiger partial charge in [0.05, 0.1) is 19.6 Å². The zero-order valence-electron chi connectivity index (χ0n) is 17.3. The van der Waals surface area contributed by atoms with Crippen molar-refractivity contribution in [3.63, 3.8) is 0 Å². The lowest BCUT2D eigenvalue weighted by atomic mass is 9.85. The van der Waals surface area contributed by atoms with Crippen LogP contribution in [0.2, 0.25) is 0 Å². The molecule has 0 fully saturated rings. The van der Waals surface area contributed by atoms with E-state index in [1.165, 1.54) is 0 Å². The fourth-order valence-corrected chi connectivity index (χ4v) is 3.58. The molecule has 2 unspecified atom stereocenters. The predicted molar refractivity (Wildman–Crippen MR) is 116 cm³/mol. The van der Waals surface area contributed by atoms with Crippen LogP contribution >= 0.6 is 0 Å². The van der Waals surface area contributed by atoms with Gasteiger partial charge in [0.2, 0.25) is 0 Å². The molecule has 0 spiro atoms. The molecule has 0 aliphatic heterocycles. The predicted octanol–water partition coefficient (Wildman–Crippen LogP) is 4.41. The molecule has 2 atom stereocenters. The number of benzene rings is 3. The average Bonchev–Trinajstić information content (AvgIpc) is 2.78. The Morgan fingerprint density at radius 3 is 2.32 bits per heavy atom. The lowest BCUT2D eigenvalue weighted by molar-refractivity contribution is -0.514. The number of carbonyl (C=O) groups is 2. The van der Waals surface area contributed by atoms with Gasteiger partial charge < -0.3 is 9.47 Å². The van der Waals surface area contributed by atoms with Gasteiger partial charge in [0.1, 0.15) is 5.75 Å². The van der Waals surface area contributed by atoms with Crippen LogP contribution in [-0.2, 0) is 9.53 Å². The molecule has 0 saturated carbocycles. The molecule has 0 aliphatic carbocycles. The number of ketones is 1. The fraction of sp³-hybridized carbons (Fsp3) is 0.250. The molecular weight excluding hydrogens is 398 g/mol. The van der Waals surface area contributed by atoms with Gasteiger partial charge in [-0.05, 0) is 41.5 Å². The Kier molecular flexibility index (Phi) is 6.97. The highest BCUT2D eigenvalue weighted by Gasteiger charge is 2.42. The Bertz CT molecular complexity index is 1100. The van der Waals surface area contributed by atoms with Crippen molar-refractivity contribution in [3.05, 3.63) is 88.0 Å². The highest BCUT2D eigenvalue weighted by atomic mass is 16.6. The van der Waals surface area contributed by atoms with E-state index in [2.05, 4.69) is 0 Å². The minimum atomic E-state index is -1.67. The number of esters is 1. The fourth-order valence-electron chi connectivity index (χ4n) is 3.58. The molecule has 0 saturated heterocycles. The number of carbonyl (C=O) groups excluding carboxylic acids is 2. The maximum absolute atomic E-state index is 13.1. The van der Waals surface area contributed by atoms with Crippen molar-refractivity contribution in [2.45, 2.75) is 25.3 Å². The largest absolute Gasteiger partial charge is 0.497 e. The van der Waals surface area contributed by atoms with Crippen LogP contribution in [0.1, 0.15) is 35.2 Å². The molecule has 160 valence electrons. The number of Topliss-reactive ketones (excluding diaryl/α,β-unsaturated/α-hetero) is 1. The van der Waals surface area contributed by atoms with Crippen LogP contribution in [0, 0.1) is 10.1 Å². The van der Waals surface area contributed by atoms with E-state index in [9.17, 15) is 19.7 Å². The third kappa shape index (κ3) is 5.06. The van der Waals surface area contributed by atoms with E-state index >= 15 is 0 Å². The molecule has 0 aromatic heterocycles. The van der Waals surface area contributed by atoms with Crippen LogP contribution in [0.5, 0.6) is 5.75 Å². The number of nitrogens with zero attached hydrogens (tertiary/aromatic N) is 1. The van der Waals surface area contributed by atoms with Crippen LogP contribution < -0.4 is 4.74 Å². The van der Waals surface area contributed by atoms with Gasteiger partial charge in [0, 0.05) is 16.9 Å². The van der Waals surface area contributed by atoms with E-state index in [4.69, 9.17) is 9.47 Å². The Balaban J connectivity index is 1.95. The molecule has 3 aromatic carbocycles. The summed E-state index contributed by atoms with van der Waals surface area (Å²) in [5, 5.41) is 13.5. The van der Waals surface area contributed by atoms with Gasteiger partial charge >= 0.3 is 12.0 Å². The van der Waals surface area contributed by atoms with Crippen molar-refractivity contribution in [2.24, 2.45) is 0 Å². The smallest absolute Gasteiger partial charge is 0.382 e. The second kappa shape index (κ2) is 9.84. The maximum Gasteiger partial charge on any atom is 0.382 e. The van der Waals surface area contributed by atoms with Crippen molar-refractivity contribution < 1.29 is 24.0 Å². The SMILES string of the molecule is CCOC(=O)C(C(CC(=O)c1ccc2cc(OC)ccc2c1)c1ccccc1)[N+](=O)[O-]. The van der Waals surface area contributed by atoms with Gasteiger partial charge in [-0.1, -0.05) is 48.5 Å². The Morgan fingerprint density at radius 2 is 1.68 bits per heavy atom. The standard InChI is InChI=1S/C24H23NO6/c1-3-31-24(27)23(25(28)29)21(16-7-5-4-6-8-16)15-22(26)19-10-9-18-14-20(30-2)12-11-17(18)13-19/h4-14,21,23H,3,15H2,1-2H3. The third-order valence-corrected chi connectivity index (χ3v) is 5.14. The summed E-state index contributed by atoms with van der Waals surface area (Å²) in [4.78, 5) is 36.6. The van der Waals surface area contributed by atoms with Crippen LogP contribution in [0.3, 0.4) is 0 Å². The quantitative estimate of drug-likeness (QED) is 0.220. The summed E-state index contributed by atoms with van der Waals surface area (Å²) in [5.74, 6) is -1.48. The van der Waals surface area contributed by atoms with Gasteiger partial charge in [-0.3, -0.25) is 14.9 Å². The van der Waals surface area contributed by atoms with Crippen molar-refractivity contribution in [1.29, 1.82) is 0 Å². The number of fused-ring (bicyclic) bond motifs is 1. The molecule has 7 nitrogen and oxygen atoms in total. The molecular formula is C24H23NO6. The summed E-state index contributed by atoms with van der Waals surface area (Å²) in [6, 6.07) is 17.6. The van der Waals surface area contributed by atoms with E-state index in [1.54, 1.807) is 68.6 Å². The normalized spacial score (nSPS) is 12.7. The number of rotatable bonds is 9. The molecule has 0 bridgehead atoms. The van der Waals surface area contributed by atoms with Gasteiger partial charge in [-0.25, -0.2) is 4.79 Å². The Labute approximate surface area is 179 Å². The second-order valence-corrected chi connectivity index (χ2v) is 7.05. The number of hydrogen-bond donors (Lipinski definition) is 0. The van der Waals surface area contributed by atoms with Gasteiger partial charge in [-0.2, -0.15) is 0 Å². The van der Waals surface area contributed by atoms with Crippen LogP contribution in [0.4, 0.5) is 0 Å². The number of nitro groups is 1. The molecule has 0 amide bonds. The summed E-state index contributed by atoms with van der Waals surface area (Å²) < 4.78 is 10.1. The zero-order chi connectivity index (χ0) is 22.4. The first-order chi connectivity index (χ1) is 14.9. The number of ether oxygens (including phenoxy) is 2. The minimum Gasteiger partial charge on any atom is -0.497 e. The van der Waals surface area contributed by atoms with Crippen LogP contribution in [-0.4, -0.2) is 36.4 Å². The third-order valence-electron chi connectivity index (χ3n) is 5.14. The van der Waals surface area contributed by atoms with Crippen LogP contribution in [0.25, 0.3) is 10.8 Å². The van der Waals surface area contributed by atoms with E-state index in [0.717, 1.165) is 10.8 Å². The minimum absolute atomic E-state index is 0.0206. The second-order valence-electron chi connectivity index (χ2n) is 7.05. The zero-order valence-corrected chi connectivity index (χ0v) is 17.3. The summed E-state index contributed by atoms with van der Waals surface area (Å²) in [5.41, 5.74) is 0.959. The average molecular weight is 421 g/mol. The van der Waals surface area contributed by atoms with Crippen molar-refractivity contribution >= 4 is 22.5 Å². The van der Waals surface area contributed by atoms with E-state index in [0.29, 0.717) is 16.9 Å². The van der Waals surface area contributed by atoms with Crippen LogP contribution in [0.15, 0.2) is 66.7 Å². The molecule has 7 heteroatoms. The Morgan fingerprint density at radius 1 is 1.00 bits per heavy atom. The Hall–Kier alpha value is -3.74. The summed E-state index contributed by atoms with van der Waals surface area (Å²) in [6.07, 6.45) is -0.198. The highest BCUT2D eigenvalue weighted by Crippen LogP contribution is 2.29. The van der Waals surface area contributed by atoms with E-state index < -0.39 is 22.9 Å². The summed E-state index contributed by atoms with van der Waals surface area (Å²) in [6.45, 7) is 1.61. The van der Waals surface area contributed by atoms with Gasteiger partial charge in [-0.15, -0.1) is 0 Å². The maximum atomic E-state index is 13.1. The van der Waals surface area contributed by atoms with Gasteiger partial charge in [0.25, 0.3) is 0 Å². The molecule has 0 aliphatic rings. The van der Waals surface area contributed by atoms with E-state index in [-0.39, 0.29) is 18.8 Å². The first-order valence-electron chi connectivity index (χ1n) is 9.90. The number of methoxy groups -OCH3 is 1. The molecule has 3 rings (SSSR count). The lowest BCUT2D eigenvalue weighted by Gasteiger charge is -2.20. The topological polar surface area (TPSA) is 95.7 Å². The molecule has 31 heavy (non-hydrogen) atoms. The monoisotopic (exact) mass is 421 g/mol. The van der Waals surface area contributed by atoms with Crippen molar-refractivity contribution in [2.75, 3.05) is 13.7 Å². The van der Waals surface area contributed by atoms with Crippen molar-refractivity contribution in [1.82, 2.24) is 0 Å². The van der Waals surface area contributed by atoms with E-state index in [1.807, 2.05) is 12.1 Å². The highest BCUT2D eigenvalue weighted by molar-refractivity contribution is 6.00. The summed E-state index contributed by atoms with van der Waals surface area (Å²) in [7, 11) is 1.58. The molecule has 0 heterocycles. The lowest BCUT2D eigenvalue weighted by Crippen LogP contribution is -2.38. The van der Waals surface area contributed by atoms with Gasteiger partial charge in [0.15, 0.2) is 5.78 Å². The van der Waals surface area contributed by atoms with Crippen molar-refractivity contribution in [3.8, 4) is 5.75 Å². The number of hydrogen-bond acceptors (Lipinski definition) is 6. The molecule has 3 aromatic rings.